The number of hydrogen-bond acceptors (Lipinski definition) is 5. The normalized spacial score (nSPS) is 12.3. The molecule has 0 fully saturated rings. The molecule has 1 N–H and O–H groups in total. The predicted molar refractivity (Wildman–Crippen MR) is 120 cm³/mol. The number of carbonyl (C=O) groups excluding carboxylic acids is 1. The SMILES string of the molecule is CC(C)Cn1c(N(C)C(=O)OC(C)(C)C)c(OCCCC(F)(F)F)c2cc(O)ccc2c1=O. The van der Waals surface area contributed by atoms with Gasteiger partial charge in [0.25, 0.3) is 5.56 Å². The van der Waals surface area contributed by atoms with Crippen LogP contribution in [0.1, 0.15) is 47.5 Å². The number of carbonyl (C=O) groups is 1. The van der Waals surface area contributed by atoms with E-state index in [1.165, 1.54) is 29.8 Å². The number of phenolic OH excluding ortho intramolecular Hbond substituents is 1. The number of rotatable bonds is 7. The minimum Gasteiger partial charge on any atom is -0.508 e. The number of halogens is 3. The van der Waals surface area contributed by atoms with Crippen LogP contribution in [0, 0.1) is 5.92 Å². The summed E-state index contributed by atoms with van der Waals surface area (Å²) in [5.41, 5.74) is -1.25. The summed E-state index contributed by atoms with van der Waals surface area (Å²) in [4.78, 5) is 27.3. The van der Waals surface area contributed by atoms with E-state index in [0.29, 0.717) is 0 Å². The fourth-order valence-electron chi connectivity index (χ4n) is 3.27. The molecular weight excluding hydrogens is 441 g/mol. The first-order chi connectivity index (χ1) is 15.1. The number of anilines is 1. The molecule has 0 bridgehead atoms. The molecule has 7 nitrogen and oxygen atoms in total. The van der Waals surface area contributed by atoms with Crippen LogP contribution in [-0.2, 0) is 11.3 Å². The molecule has 0 atom stereocenters. The molecule has 1 heterocycles. The molecule has 0 spiro atoms. The fraction of sp³-hybridized carbons (Fsp3) is 0.565. The molecule has 0 aliphatic rings. The summed E-state index contributed by atoms with van der Waals surface area (Å²) in [5.74, 6) is -0.0830. The Morgan fingerprint density at radius 3 is 2.36 bits per heavy atom. The molecular formula is C23H31F3N2O5. The van der Waals surface area contributed by atoms with Crippen molar-refractivity contribution < 1.29 is 32.5 Å². The number of aromatic nitrogens is 1. The van der Waals surface area contributed by atoms with E-state index in [1.54, 1.807) is 20.8 Å². The highest BCUT2D eigenvalue weighted by atomic mass is 19.4. The van der Waals surface area contributed by atoms with Crippen molar-refractivity contribution in [3.63, 3.8) is 0 Å². The average molecular weight is 473 g/mol. The standard InChI is InChI=1S/C23H31F3N2O5/c1-14(2)13-28-19(27(6)21(31)33-22(3,4)5)18(32-11-7-10-23(24,25)26)17-12-15(29)8-9-16(17)20(28)30/h8-9,12,14,29H,7,10-11,13H2,1-6H3. The molecule has 2 rings (SSSR count). The smallest absolute Gasteiger partial charge is 0.415 e. The molecule has 1 aromatic carbocycles. The lowest BCUT2D eigenvalue weighted by Gasteiger charge is -2.29. The number of phenols is 1. The van der Waals surface area contributed by atoms with E-state index in [1.807, 2.05) is 13.8 Å². The predicted octanol–water partition coefficient (Wildman–Crippen LogP) is 5.46. The van der Waals surface area contributed by atoms with Crippen LogP contribution in [0.3, 0.4) is 0 Å². The summed E-state index contributed by atoms with van der Waals surface area (Å²) < 4.78 is 50.4. The molecule has 33 heavy (non-hydrogen) atoms. The Balaban J connectivity index is 2.71. The van der Waals surface area contributed by atoms with Gasteiger partial charge in [0.1, 0.15) is 11.4 Å². The second-order valence-electron chi connectivity index (χ2n) is 9.30. The summed E-state index contributed by atoms with van der Waals surface area (Å²) in [6, 6.07) is 4.06. The number of benzene rings is 1. The Kier molecular flexibility index (Phi) is 7.92. The molecule has 2 aromatic rings. The third kappa shape index (κ3) is 7.03. The van der Waals surface area contributed by atoms with Crippen molar-refractivity contribution in [2.75, 3.05) is 18.6 Å². The molecule has 0 saturated carbocycles. The minimum absolute atomic E-state index is 0.00105. The van der Waals surface area contributed by atoms with Gasteiger partial charge in [0.2, 0.25) is 0 Å². The van der Waals surface area contributed by atoms with Crippen LogP contribution in [0.5, 0.6) is 11.5 Å². The highest BCUT2D eigenvalue weighted by Crippen LogP contribution is 2.37. The van der Waals surface area contributed by atoms with Gasteiger partial charge >= 0.3 is 12.3 Å². The van der Waals surface area contributed by atoms with E-state index in [-0.39, 0.29) is 53.6 Å². The zero-order chi connectivity index (χ0) is 25.1. The van der Waals surface area contributed by atoms with Crippen LogP contribution < -0.4 is 15.2 Å². The largest absolute Gasteiger partial charge is 0.508 e. The highest BCUT2D eigenvalue weighted by molar-refractivity contribution is 5.97. The number of fused-ring (bicyclic) bond motifs is 1. The Labute approximate surface area is 190 Å². The Bertz CT molecular complexity index is 1060. The van der Waals surface area contributed by atoms with Crippen molar-refractivity contribution >= 4 is 22.7 Å². The summed E-state index contributed by atoms with van der Waals surface area (Å²) >= 11 is 0. The fourth-order valence-corrected chi connectivity index (χ4v) is 3.27. The van der Waals surface area contributed by atoms with Crippen molar-refractivity contribution in [1.82, 2.24) is 4.57 Å². The Morgan fingerprint density at radius 1 is 1.18 bits per heavy atom. The Hall–Kier alpha value is -2.91. The number of nitrogens with zero attached hydrogens (tertiary/aromatic N) is 2. The molecule has 0 aliphatic carbocycles. The molecule has 1 aromatic heterocycles. The van der Waals surface area contributed by atoms with E-state index in [0.717, 1.165) is 4.90 Å². The van der Waals surface area contributed by atoms with Gasteiger partial charge in [-0.05, 0) is 51.3 Å². The third-order valence-electron chi connectivity index (χ3n) is 4.57. The van der Waals surface area contributed by atoms with Gasteiger partial charge in [0.15, 0.2) is 11.6 Å². The van der Waals surface area contributed by atoms with Gasteiger partial charge in [0.05, 0.1) is 12.0 Å². The zero-order valence-electron chi connectivity index (χ0n) is 19.7. The van der Waals surface area contributed by atoms with Crippen molar-refractivity contribution in [2.24, 2.45) is 5.92 Å². The van der Waals surface area contributed by atoms with Crippen molar-refractivity contribution in [3.05, 3.63) is 28.6 Å². The summed E-state index contributed by atoms with van der Waals surface area (Å²) in [6.07, 6.45) is -6.46. The van der Waals surface area contributed by atoms with Crippen molar-refractivity contribution in [2.45, 2.75) is 65.8 Å². The van der Waals surface area contributed by atoms with Gasteiger partial charge in [-0.2, -0.15) is 13.2 Å². The maximum absolute atomic E-state index is 13.3. The van der Waals surface area contributed by atoms with E-state index >= 15 is 0 Å². The van der Waals surface area contributed by atoms with E-state index in [4.69, 9.17) is 9.47 Å². The van der Waals surface area contributed by atoms with Crippen molar-refractivity contribution in [1.29, 1.82) is 0 Å². The summed E-state index contributed by atoms with van der Waals surface area (Å²) in [6.45, 7) is 8.74. The first-order valence-corrected chi connectivity index (χ1v) is 10.7. The number of pyridine rings is 1. The van der Waals surface area contributed by atoms with Gasteiger partial charge in [-0.25, -0.2) is 4.79 Å². The monoisotopic (exact) mass is 472 g/mol. The van der Waals surface area contributed by atoms with Gasteiger partial charge in [-0.15, -0.1) is 0 Å². The second kappa shape index (κ2) is 9.93. The average Bonchev–Trinajstić information content (AvgIpc) is 2.65. The number of alkyl halides is 3. The lowest BCUT2D eigenvalue weighted by atomic mass is 10.1. The first kappa shape index (κ1) is 26.3. The molecule has 0 aliphatic heterocycles. The summed E-state index contributed by atoms with van der Waals surface area (Å²) in [7, 11) is 1.40. The van der Waals surface area contributed by atoms with E-state index < -0.39 is 29.9 Å². The molecule has 0 unspecified atom stereocenters. The van der Waals surface area contributed by atoms with Crippen LogP contribution in [-0.4, -0.2) is 41.2 Å². The maximum Gasteiger partial charge on any atom is 0.415 e. The molecule has 1 amide bonds. The van der Waals surface area contributed by atoms with E-state index in [2.05, 4.69) is 0 Å². The maximum atomic E-state index is 13.3. The zero-order valence-corrected chi connectivity index (χ0v) is 19.7. The number of aromatic hydroxyl groups is 1. The van der Waals surface area contributed by atoms with E-state index in [9.17, 15) is 27.9 Å². The van der Waals surface area contributed by atoms with Crippen LogP contribution in [0.25, 0.3) is 10.8 Å². The molecule has 0 radical (unpaired) electrons. The quantitative estimate of drug-likeness (QED) is 0.542. The highest BCUT2D eigenvalue weighted by Gasteiger charge is 2.29. The van der Waals surface area contributed by atoms with Crippen LogP contribution in [0.2, 0.25) is 0 Å². The molecule has 0 saturated heterocycles. The van der Waals surface area contributed by atoms with Crippen LogP contribution in [0.4, 0.5) is 23.8 Å². The number of amides is 1. The van der Waals surface area contributed by atoms with Crippen molar-refractivity contribution in [3.8, 4) is 11.5 Å². The lowest BCUT2D eigenvalue weighted by molar-refractivity contribution is -0.136. The topological polar surface area (TPSA) is 81.0 Å². The Morgan fingerprint density at radius 2 is 1.82 bits per heavy atom. The lowest BCUT2D eigenvalue weighted by Crippen LogP contribution is -2.38. The third-order valence-corrected chi connectivity index (χ3v) is 4.57. The molecule has 184 valence electrons. The van der Waals surface area contributed by atoms with Gasteiger partial charge in [-0.1, -0.05) is 13.8 Å². The van der Waals surface area contributed by atoms with Gasteiger partial charge < -0.3 is 14.6 Å². The number of hydrogen-bond donors (Lipinski definition) is 1. The minimum atomic E-state index is -4.34. The first-order valence-electron chi connectivity index (χ1n) is 10.7. The number of ether oxygens (including phenoxy) is 2. The van der Waals surface area contributed by atoms with Gasteiger partial charge in [-0.3, -0.25) is 14.3 Å². The van der Waals surface area contributed by atoms with Gasteiger partial charge in [0, 0.05) is 25.4 Å². The van der Waals surface area contributed by atoms with Crippen LogP contribution >= 0.6 is 0 Å². The second-order valence-corrected chi connectivity index (χ2v) is 9.30. The van der Waals surface area contributed by atoms with Crippen LogP contribution in [0.15, 0.2) is 23.0 Å². The summed E-state index contributed by atoms with van der Waals surface area (Å²) in [5, 5.41) is 10.4. The molecule has 10 heteroatoms.